The van der Waals surface area contributed by atoms with Gasteiger partial charge in [-0.15, -0.1) is 0 Å². The zero-order valence-electron chi connectivity index (χ0n) is 22.2. The van der Waals surface area contributed by atoms with Crippen LogP contribution in [-0.2, 0) is 14.9 Å². The number of anilines is 1. The number of rotatable bonds is 8. The van der Waals surface area contributed by atoms with Gasteiger partial charge in [0.2, 0.25) is 5.91 Å². The summed E-state index contributed by atoms with van der Waals surface area (Å²) < 4.78 is 38.6. The molecule has 0 aliphatic rings. The van der Waals surface area contributed by atoms with Gasteiger partial charge in [-0.1, -0.05) is 30.3 Å². The lowest BCUT2D eigenvalue weighted by Gasteiger charge is -2.25. The number of hydrogen-bond acceptors (Lipinski definition) is 5. The zero-order valence-corrected chi connectivity index (χ0v) is 23.0. The van der Waals surface area contributed by atoms with Crippen LogP contribution in [0.4, 0.5) is 5.69 Å². The third-order valence-corrected chi connectivity index (χ3v) is 7.08. The van der Waals surface area contributed by atoms with Gasteiger partial charge < -0.3 is 19.5 Å². The van der Waals surface area contributed by atoms with Crippen molar-refractivity contribution in [3.8, 4) is 5.75 Å². The van der Waals surface area contributed by atoms with Gasteiger partial charge >= 0.3 is 0 Å². The van der Waals surface area contributed by atoms with Crippen LogP contribution in [0.15, 0.2) is 65.6 Å². The van der Waals surface area contributed by atoms with Gasteiger partial charge in [0.25, 0.3) is 0 Å². The topological polar surface area (TPSA) is 100.0 Å². The molecule has 0 aliphatic carbocycles. The molecule has 3 rings (SSSR count). The van der Waals surface area contributed by atoms with E-state index < -0.39 is 16.0 Å². The molecule has 1 amide bonds. The minimum Gasteiger partial charge on any atom is -0.744 e. The molecule has 0 saturated heterocycles. The van der Waals surface area contributed by atoms with Crippen LogP contribution in [0.2, 0.25) is 0 Å². The minimum absolute atomic E-state index is 0.259. The van der Waals surface area contributed by atoms with Crippen LogP contribution in [0, 0.1) is 0 Å². The Morgan fingerprint density at radius 2 is 1.56 bits per heavy atom. The fourth-order valence-electron chi connectivity index (χ4n) is 4.25. The van der Waals surface area contributed by atoms with Gasteiger partial charge in [-0.25, -0.2) is 8.42 Å². The largest absolute Gasteiger partial charge is 0.744 e. The van der Waals surface area contributed by atoms with E-state index >= 15 is 0 Å². The maximum Gasteiger partial charge on any atom is 0.231 e. The van der Waals surface area contributed by atoms with Crippen molar-refractivity contribution in [2.75, 3.05) is 19.0 Å². The van der Waals surface area contributed by atoms with Gasteiger partial charge in [0, 0.05) is 5.69 Å². The Labute approximate surface area is 215 Å². The maximum absolute atomic E-state index is 12.6. The molecule has 0 spiro atoms. The number of methoxy groups -OCH3 is 1. The van der Waals surface area contributed by atoms with Crippen LogP contribution in [0.25, 0.3) is 10.8 Å². The summed E-state index contributed by atoms with van der Waals surface area (Å²) in [6.45, 7) is 14.4. The van der Waals surface area contributed by atoms with E-state index in [1.54, 1.807) is 18.9 Å². The summed E-state index contributed by atoms with van der Waals surface area (Å²) >= 11 is 0. The second-order valence-electron chi connectivity index (χ2n) is 9.40. The molecule has 0 radical (unpaired) electrons. The van der Waals surface area contributed by atoms with Crippen molar-refractivity contribution >= 4 is 32.5 Å². The number of hydrogen-bond donors (Lipinski definition) is 2. The standard InChI is InChI=1S/C20H19NO5S.C8H19N/c1-13(14-6-7-16-11-18(26-2)9-8-15(16)10-14)20(22)21-17-4-3-5-19(12-17)27(23,24)25;1-6-9(7(2)3)8(4)5/h3-13H,1-2H3,(H,21,22)(H,23,24,25);7-8H,6H2,1-5H3. The summed E-state index contributed by atoms with van der Waals surface area (Å²) in [6, 6.07) is 18.2. The van der Waals surface area contributed by atoms with Crippen molar-refractivity contribution in [3.63, 3.8) is 0 Å². The highest BCUT2D eigenvalue weighted by molar-refractivity contribution is 7.85. The van der Waals surface area contributed by atoms with Crippen molar-refractivity contribution in [1.82, 2.24) is 0 Å². The first-order valence-electron chi connectivity index (χ1n) is 12.2. The van der Waals surface area contributed by atoms with Crippen LogP contribution in [0.3, 0.4) is 0 Å². The lowest BCUT2D eigenvalue weighted by molar-refractivity contribution is -0.940. The molecule has 0 fully saturated rings. The first kappa shape index (κ1) is 29.3. The highest BCUT2D eigenvalue weighted by Gasteiger charge is 2.17. The molecule has 2 N–H and O–H groups in total. The molecular formula is C28H38N2O5S. The maximum atomic E-state index is 12.6. The molecular weight excluding hydrogens is 476 g/mol. The van der Waals surface area contributed by atoms with Crippen LogP contribution < -0.4 is 15.0 Å². The number of benzene rings is 3. The summed E-state index contributed by atoms with van der Waals surface area (Å²) in [5, 5.41) is 4.63. The Kier molecular flexibility index (Phi) is 10.5. The number of quaternary nitrogens is 1. The van der Waals surface area contributed by atoms with Crippen molar-refractivity contribution in [1.29, 1.82) is 0 Å². The number of carbonyl (C=O) groups excluding carboxylic acids is 1. The van der Waals surface area contributed by atoms with E-state index in [0.717, 1.165) is 40.2 Å². The van der Waals surface area contributed by atoms with E-state index in [-0.39, 0.29) is 16.5 Å². The van der Waals surface area contributed by atoms with E-state index in [4.69, 9.17) is 4.74 Å². The fraction of sp³-hybridized carbons (Fsp3) is 0.393. The van der Waals surface area contributed by atoms with Crippen molar-refractivity contribution < 1.29 is 27.4 Å². The summed E-state index contributed by atoms with van der Waals surface area (Å²) in [5.41, 5.74) is 1.08. The van der Waals surface area contributed by atoms with Gasteiger partial charge in [-0.3, -0.25) is 4.79 Å². The Morgan fingerprint density at radius 1 is 0.944 bits per heavy atom. The van der Waals surface area contributed by atoms with Crippen LogP contribution in [0.5, 0.6) is 5.75 Å². The highest BCUT2D eigenvalue weighted by atomic mass is 32.2. The predicted molar refractivity (Wildman–Crippen MR) is 144 cm³/mol. The van der Waals surface area contributed by atoms with Gasteiger partial charge in [0.15, 0.2) is 0 Å². The average Bonchev–Trinajstić information content (AvgIpc) is 2.82. The molecule has 0 aromatic heterocycles. The molecule has 196 valence electrons. The Bertz CT molecular complexity index is 1260. The summed E-state index contributed by atoms with van der Waals surface area (Å²) in [7, 11) is -2.97. The summed E-state index contributed by atoms with van der Waals surface area (Å²) in [4.78, 5) is 13.9. The fourth-order valence-corrected chi connectivity index (χ4v) is 4.77. The van der Waals surface area contributed by atoms with Crippen LogP contribution in [-0.4, -0.2) is 44.6 Å². The summed E-state index contributed by atoms with van der Waals surface area (Å²) in [6.07, 6.45) is 0. The number of amides is 1. The average molecular weight is 515 g/mol. The normalized spacial score (nSPS) is 12.4. The van der Waals surface area contributed by atoms with E-state index in [0.29, 0.717) is 0 Å². The lowest BCUT2D eigenvalue weighted by Crippen LogP contribution is -3.17. The molecule has 0 aliphatic heterocycles. The first-order chi connectivity index (χ1) is 16.9. The number of ether oxygens (including phenoxy) is 1. The second-order valence-corrected chi connectivity index (χ2v) is 10.8. The van der Waals surface area contributed by atoms with Crippen LogP contribution >= 0.6 is 0 Å². The molecule has 1 atom stereocenters. The quantitative estimate of drug-likeness (QED) is 0.439. The molecule has 0 heterocycles. The van der Waals surface area contributed by atoms with Gasteiger partial charge in [0.1, 0.15) is 15.9 Å². The van der Waals surface area contributed by atoms with E-state index in [9.17, 15) is 17.8 Å². The van der Waals surface area contributed by atoms with Gasteiger partial charge in [-0.05, 0) is 88.2 Å². The summed E-state index contributed by atoms with van der Waals surface area (Å²) in [5.74, 6) is -0.0124. The SMILES string of the molecule is CC[NH+](C(C)C)C(C)C.COc1ccc2cc(C(C)C(=O)Nc3cccc(S(=O)(=O)[O-])c3)ccc2c1. The molecule has 1 unspecified atom stereocenters. The Morgan fingerprint density at radius 3 is 2.08 bits per heavy atom. The molecule has 8 heteroatoms. The Balaban J connectivity index is 0.000000434. The van der Waals surface area contributed by atoms with Crippen LogP contribution in [0.1, 0.15) is 53.0 Å². The molecule has 3 aromatic rings. The molecule has 7 nitrogen and oxygen atoms in total. The van der Waals surface area contributed by atoms with Gasteiger partial charge in [-0.2, -0.15) is 0 Å². The molecule has 3 aromatic carbocycles. The number of nitrogens with one attached hydrogen (secondary N) is 2. The van der Waals surface area contributed by atoms with E-state index in [1.807, 2.05) is 36.4 Å². The smallest absolute Gasteiger partial charge is 0.231 e. The zero-order chi connectivity index (χ0) is 27.0. The number of carbonyl (C=O) groups is 1. The van der Waals surface area contributed by atoms with Gasteiger partial charge in [0.05, 0.1) is 36.6 Å². The monoisotopic (exact) mass is 514 g/mol. The van der Waals surface area contributed by atoms with Crippen molar-refractivity contribution in [2.24, 2.45) is 0 Å². The first-order valence-corrected chi connectivity index (χ1v) is 13.6. The number of fused-ring (bicyclic) bond motifs is 1. The Hall–Kier alpha value is -2.94. The third kappa shape index (κ3) is 8.05. The lowest BCUT2D eigenvalue weighted by atomic mass is 9.97. The molecule has 36 heavy (non-hydrogen) atoms. The molecule has 0 bridgehead atoms. The molecule has 0 saturated carbocycles. The second kappa shape index (κ2) is 12.9. The van der Waals surface area contributed by atoms with E-state index in [1.165, 1.54) is 24.7 Å². The van der Waals surface area contributed by atoms with Crippen molar-refractivity contribution in [2.45, 2.75) is 64.4 Å². The highest BCUT2D eigenvalue weighted by Crippen LogP contribution is 2.26. The van der Waals surface area contributed by atoms with Crippen molar-refractivity contribution in [3.05, 3.63) is 66.2 Å². The predicted octanol–water partition coefficient (Wildman–Crippen LogP) is 4.20. The minimum atomic E-state index is -4.58. The third-order valence-electron chi connectivity index (χ3n) is 6.25. The van der Waals surface area contributed by atoms with E-state index in [2.05, 4.69) is 39.9 Å².